The van der Waals surface area contributed by atoms with E-state index in [4.69, 9.17) is 5.73 Å². The van der Waals surface area contributed by atoms with Crippen molar-refractivity contribution in [2.24, 2.45) is 5.73 Å². The van der Waals surface area contributed by atoms with Crippen molar-refractivity contribution >= 4 is 5.95 Å². The molecule has 102 valence electrons. The first-order valence-electron chi connectivity index (χ1n) is 6.65. The van der Waals surface area contributed by atoms with Gasteiger partial charge in [-0.2, -0.15) is 10.1 Å². The lowest BCUT2D eigenvalue weighted by Crippen LogP contribution is -2.51. The molecule has 0 aliphatic carbocycles. The van der Waals surface area contributed by atoms with E-state index in [-0.39, 0.29) is 12.1 Å². The van der Waals surface area contributed by atoms with Crippen LogP contribution in [0.15, 0.2) is 18.5 Å². The Hall–Kier alpha value is -1.89. The second-order valence-electron chi connectivity index (χ2n) is 5.03. The van der Waals surface area contributed by atoms with E-state index in [2.05, 4.69) is 32.1 Å². The summed E-state index contributed by atoms with van der Waals surface area (Å²) >= 11 is 0. The van der Waals surface area contributed by atoms with Gasteiger partial charge in [0, 0.05) is 31.0 Å². The van der Waals surface area contributed by atoms with E-state index in [0.29, 0.717) is 6.54 Å². The van der Waals surface area contributed by atoms with E-state index < -0.39 is 0 Å². The molecule has 1 fully saturated rings. The third kappa shape index (κ3) is 2.46. The van der Waals surface area contributed by atoms with E-state index in [1.165, 1.54) is 0 Å². The van der Waals surface area contributed by atoms with Crippen molar-refractivity contribution in [3.63, 3.8) is 0 Å². The van der Waals surface area contributed by atoms with Gasteiger partial charge in [0.2, 0.25) is 5.95 Å². The number of aromatic nitrogens is 5. The molecule has 1 aliphatic heterocycles. The van der Waals surface area contributed by atoms with Crippen molar-refractivity contribution in [2.45, 2.75) is 38.4 Å². The Labute approximate surface area is 111 Å². The molecule has 3 N–H and O–H groups in total. The Kier molecular flexibility index (Phi) is 3.20. The van der Waals surface area contributed by atoms with Crippen molar-refractivity contribution in [1.82, 2.24) is 25.0 Å². The monoisotopic (exact) mass is 261 g/mol. The molecule has 0 bridgehead atoms. The third-order valence-corrected chi connectivity index (χ3v) is 3.70. The maximum absolute atomic E-state index is 6.10. The van der Waals surface area contributed by atoms with Gasteiger partial charge in [-0.25, -0.2) is 0 Å². The van der Waals surface area contributed by atoms with Gasteiger partial charge >= 0.3 is 0 Å². The molecule has 1 aliphatic rings. The molecule has 7 heteroatoms. The van der Waals surface area contributed by atoms with Gasteiger partial charge in [-0.05, 0) is 25.8 Å². The summed E-state index contributed by atoms with van der Waals surface area (Å²) in [6.45, 7) is 3.70. The number of hydrogen-bond acceptors (Lipinski definition) is 5. The Morgan fingerprint density at radius 3 is 3.21 bits per heavy atom. The Morgan fingerprint density at radius 2 is 2.42 bits per heavy atom. The van der Waals surface area contributed by atoms with Gasteiger partial charge in [-0.15, -0.1) is 5.10 Å². The van der Waals surface area contributed by atoms with Gasteiger partial charge in [0.1, 0.15) is 12.4 Å². The minimum Gasteiger partial charge on any atom is -0.335 e. The van der Waals surface area contributed by atoms with Gasteiger partial charge in [0.15, 0.2) is 0 Å². The van der Waals surface area contributed by atoms with Crippen LogP contribution in [0.4, 0.5) is 5.95 Å². The minimum absolute atomic E-state index is 0.196. The SMILES string of the molecule is CC1C(N)CCCN1c1n[nH]c(Cn2cccn2)n1. The number of H-pyrrole nitrogens is 1. The summed E-state index contributed by atoms with van der Waals surface area (Å²) in [4.78, 5) is 6.71. The number of aromatic amines is 1. The van der Waals surface area contributed by atoms with Gasteiger partial charge in [0.25, 0.3) is 0 Å². The maximum atomic E-state index is 6.10. The lowest BCUT2D eigenvalue weighted by atomic mass is 9.99. The highest BCUT2D eigenvalue weighted by Crippen LogP contribution is 2.20. The Bertz CT molecular complexity index is 518. The normalized spacial score (nSPS) is 23.8. The molecule has 0 saturated carbocycles. The Balaban J connectivity index is 1.73. The summed E-state index contributed by atoms with van der Waals surface area (Å²) in [6.07, 6.45) is 5.82. The maximum Gasteiger partial charge on any atom is 0.245 e. The fourth-order valence-electron chi connectivity index (χ4n) is 2.49. The van der Waals surface area contributed by atoms with Crippen LogP contribution in [-0.2, 0) is 6.54 Å². The number of nitrogens with one attached hydrogen (secondary N) is 1. The van der Waals surface area contributed by atoms with Crippen LogP contribution in [0.2, 0.25) is 0 Å². The number of anilines is 1. The quantitative estimate of drug-likeness (QED) is 0.833. The molecule has 1 saturated heterocycles. The number of nitrogens with two attached hydrogens (primary N) is 1. The topological polar surface area (TPSA) is 88.6 Å². The van der Waals surface area contributed by atoms with E-state index in [9.17, 15) is 0 Å². The summed E-state index contributed by atoms with van der Waals surface area (Å²) in [5, 5.41) is 11.4. The first-order chi connectivity index (χ1) is 9.24. The molecule has 0 radical (unpaired) electrons. The highest BCUT2D eigenvalue weighted by Gasteiger charge is 2.27. The fraction of sp³-hybridized carbons (Fsp3) is 0.583. The van der Waals surface area contributed by atoms with Gasteiger partial charge in [0.05, 0.1) is 0 Å². The molecule has 2 unspecified atom stereocenters. The summed E-state index contributed by atoms with van der Waals surface area (Å²) in [7, 11) is 0. The molecule has 2 aromatic rings. The molecular weight excluding hydrogens is 242 g/mol. The van der Waals surface area contributed by atoms with E-state index in [1.54, 1.807) is 6.20 Å². The lowest BCUT2D eigenvalue weighted by molar-refractivity contribution is 0.415. The van der Waals surface area contributed by atoms with Crippen molar-refractivity contribution in [3.8, 4) is 0 Å². The first-order valence-corrected chi connectivity index (χ1v) is 6.65. The van der Waals surface area contributed by atoms with Crippen molar-refractivity contribution in [1.29, 1.82) is 0 Å². The van der Waals surface area contributed by atoms with Gasteiger partial charge < -0.3 is 10.6 Å². The van der Waals surface area contributed by atoms with Crippen LogP contribution in [0.5, 0.6) is 0 Å². The summed E-state index contributed by atoms with van der Waals surface area (Å²) in [6, 6.07) is 2.37. The van der Waals surface area contributed by atoms with E-state index >= 15 is 0 Å². The zero-order valence-corrected chi connectivity index (χ0v) is 11.0. The molecule has 3 rings (SSSR count). The highest BCUT2D eigenvalue weighted by atomic mass is 15.4. The minimum atomic E-state index is 0.196. The van der Waals surface area contributed by atoms with Crippen LogP contribution in [-0.4, -0.2) is 43.6 Å². The largest absolute Gasteiger partial charge is 0.335 e. The van der Waals surface area contributed by atoms with Crippen LogP contribution >= 0.6 is 0 Å². The van der Waals surface area contributed by atoms with E-state index in [0.717, 1.165) is 31.2 Å². The molecule has 0 amide bonds. The number of nitrogens with zero attached hydrogens (tertiary/aromatic N) is 5. The predicted octanol–water partition coefficient (Wildman–Crippen LogP) is 0.365. The van der Waals surface area contributed by atoms with Crippen molar-refractivity contribution < 1.29 is 0 Å². The molecule has 0 aromatic carbocycles. The highest BCUT2D eigenvalue weighted by molar-refractivity contribution is 5.32. The van der Waals surface area contributed by atoms with Crippen LogP contribution < -0.4 is 10.6 Å². The molecular formula is C12H19N7. The second-order valence-corrected chi connectivity index (χ2v) is 5.03. The van der Waals surface area contributed by atoms with Gasteiger partial charge in [-0.3, -0.25) is 9.78 Å². The van der Waals surface area contributed by atoms with Crippen LogP contribution in [0.25, 0.3) is 0 Å². The predicted molar refractivity (Wildman–Crippen MR) is 71.7 cm³/mol. The average molecular weight is 261 g/mol. The fourth-order valence-corrected chi connectivity index (χ4v) is 2.49. The molecule has 3 heterocycles. The molecule has 7 nitrogen and oxygen atoms in total. The van der Waals surface area contributed by atoms with E-state index in [1.807, 2.05) is 16.9 Å². The zero-order valence-electron chi connectivity index (χ0n) is 11.0. The molecule has 2 aromatic heterocycles. The number of hydrogen-bond donors (Lipinski definition) is 2. The molecule has 19 heavy (non-hydrogen) atoms. The molecule has 2 atom stereocenters. The van der Waals surface area contributed by atoms with Crippen molar-refractivity contribution in [2.75, 3.05) is 11.4 Å². The summed E-state index contributed by atoms with van der Waals surface area (Å²) in [5.41, 5.74) is 6.10. The van der Waals surface area contributed by atoms with Crippen LogP contribution in [0.3, 0.4) is 0 Å². The summed E-state index contributed by atoms with van der Waals surface area (Å²) in [5.74, 6) is 1.55. The zero-order chi connectivity index (χ0) is 13.2. The molecule has 0 spiro atoms. The standard InChI is InChI=1S/C12H19N7/c1-9-10(13)4-2-7-19(9)12-15-11(16-17-12)8-18-6-3-5-14-18/h3,5-6,9-10H,2,4,7-8,13H2,1H3,(H,15,16,17). The first kappa shape index (κ1) is 12.2. The average Bonchev–Trinajstić information content (AvgIpc) is 3.05. The Morgan fingerprint density at radius 1 is 1.53 bits per heavy atom. The van der Waals surface area contributed by atoms with Crippen LogP contribution in [0.1, 0.15) is 25.6 Å². The second kappa shape index (κ2) is 5.00. The number of rotatable bonds is 3. The van der Waals surface area contributed by atoms with Crippen LogP contribution in [0, 0.1) is 0 Å². The summed E-state index contributed by atoms with van der Waals surface area (Å²) < 4.78 is 1.82. The van der Waals surface area contributed by atoms with Gasteiger partial charge in [-0.1, -0.05) is 0 Å². The lowest BCUT2D eigenvalue weighted by Gasteiger charge is -2.36. The third-order valence-electron chi connectivity index (χ3n) is 3.70. The smallest absolute Gasteiger partial charge is 0.245 e. The number of piperidine rings is 1. The van der Waals surface area contributed by atoms with Crippen molar-refractivity contribution in [3.05, 3.63) is 24.3 Å².